The molecule has 3 rings (SSSR count). The zero-order valence-corrected chi connectivity index (χ0v) is 16.4. The number of likely N-dealkylation sites (N-methyl/N-ethyl adjacent to an activating group) is 1. The molecule has 0 aliphatic rings. The number of fused-ring (bicyclic) bond motifs is 1. The Morgan fingerprint density at radius 3 is 2.69 bits per heavy atom. The van der Waals surface area contributed by atoms with Gasteiger partial charge in [0, 0.05) is 24.5 Å². The number of aromatic nitrogens is 2. The summed E-state index contributed by atoms with van der Waals surface area (Å²) in [6.45, 7) is 3.44. The maximum absolute atomic E-state index is 12.4. The molecule has 0 aliphatic carbocycles. The number of carbonyl (C=O) groups is 2. The van der Waals surface area contributed by atoms with Gasteiger partial charge in [-0.05, 0) is 38.1 Å². The summed E-state index contributed by atoms with van der Waals surface area (Å²) in [6, 6.07) is 9.09. The molecule has 0 saturated carbocycles. The van der Waals surface area contributed by atoms with Gasteiger partial charge >= 0.3 is 5.97 Å². The first-order valence-electron chi connectivity index (χ1n) is 7.95. The van der Waals surface area contributed by atoms with Crippen molar-refractivity contribution >= 4 is 45.0 Å². The average molecular weight is 392 g/mol. The lowest BCUT2D eigenvalue weighted by molar-refractivity contribution is -0.137. The summed E-state index contributed by atoms with van der Waals surface area (Å²) >= 11 is 7.35. The first kappa shape index (κ1) is 18.4. The fraction of sp³-hybridized carbons (Fsp3) is 0.278. The minimum absolute atomic E-state index is 0.263. The smallest absolute Gasteiger partial charge is 0.349 e. The Morgan fingerprint density at radius 2 is 2.04 bits per heavy atom. The Morgan fingerprint density at radius 1 is 1.31 bits per heavy atom. The number of aryl methyl sites for hydroxylation is 1. The fourth-order valence-electron chi connectivity index (χ4n) is 2.56. The van der Waals surface area contributed by atoms with E-state index in [0.717, 1.165) is 21.6 Å². The molecule has 26 heavy (non-hydrogen) atoms. The summed E-state index contributed by atoms with van der Waals surface area (Å²) in [4.78, 5) is 27.0. The maximum Gasteiger partial charge on any atom is 0.349 e. The molecule has 136 valence electrons. The quantitative estimate of drug-likeness (QED) is 0.636. The van der Waals surface area contributed by atoms with Crippen LogP contribution in [0.3, 0.4) is 0 Å². The minimum atomic E-state index is -0.840. The lowest BCUT2D eigenvalue weighted by Crippen LogP contribution is -2.34. The monoisotopic (exact) mass is 391 g/mol. The summed E-state index contributed by atoms with van der Waals surface area (Å²) in [5, 5.41) is 6.01. The molecule has 3 aromatic rings. The van der Waals surface area contributed by atoms with Crippen LogP contribution in [0.4, 0.5) is 0 Å². The predicted molar refractivity (Wildman–Crippen MR) is 102 cm³/mol. The molecule has 0 saturated heterocycles. The van der Waals surface area contributed by atoms with Crippen molar-refractivity contribution in [2.75, 3.05) is 14.1 Å². The van der Waals surface area contributed by atoms with Gasteiger partial charge in [0.05, 0.1) is 11.4 Å². The fourth-order valence-corrected chi connectivity index (χ4v) is 3.81. The van der Waals surface area contributed by atoms with Gasteiger partial charge in [0.15, 0.2) is 6.10 Å². The number of thiophene rings is 1. The molecule has 1 aromatic carbocycles. The Labute approximate surface area is 159 Å². The van der Waals surface area contributed by atoms with E-state index in [0.29, 0.717) is 9.90 Å². The van der Waals surface area contributed by atoms with Gasteiger partial charge in [0.1, 0.15) is 9.71 Å². The van der Waals surface area contributed by atoms with E-state index in [-0.39, 0.29) is 5.91 Å². The van der Waals surface area contributed by atoms with Crippen LogP contribution in [0, 0.1) is 6.92 Å². The van der Waals surface area contributed by atoms with Crippen molar-refractivity contribution in [3.63, 3.8) is 0 Å². The van der Waals surface area contributed by atoms with E-state index < -0.39 is 12.1 Å². The first-order valence-corrected chi connectivity index (χ1v) is 9.14. The van der Waals surface area contributed by atoms with Crippen LogP contribution in [0.15, 0.2) is 30.3 Å². The molecular formula is C18H18ClN3O3S. The minimum Gasteiger partial charge on any atom is -0.448 e. The van der Waals surface area contributed by atoms with Gasteiger partial charge in [0.2, 0.25) is 0 Å². The standard InChI is InChI=1S/C18H18ClN3O3S/c1-10-14-9-15(18(24)25-11(2)16(23)21(3)4)26-17(14)22(20-10)13-7-5-6-12(19)8-13/h5-9,11H,1-4H3/t11-/m0/s1. The molecular weight excluding hydrogens is 374 g/mol. The van der Waals surface area contributed by atoms with E-state index in [2.05, 4.69) is 5.10 Å². The van der Waals surface area contributed by atoms with Crippen LogP contribution in [0.5, 0.6) is 0 Å². The van der Waals surface area contributed by atoms with Gasteiger partial charge in [-0.2, -0.15) is 5.10 Å². The van der Waals surface area contributed by atoms with E-state index in [9.17, 15) is 9.59 Å². The van der Waals surface area contributed by atoms with Gasteiger partial charge in [-0.15, -0.1) is 11.3 Å². The van der Waals surface area contributed by atoms with Gasteiger partial charge in [-0.3, -0.25) is 4.79 Å². The van der Waals surface area contributed by atoms with Crippen LogP contribution in [-0.4, -0.2) is 46.8 Å². The van der Waals surface area contributed by atoms with Crippen molar-refractivity contribution in [3.8, 4) is 5.69 Å². The highest BCUT2D eigenvalue weighted by Crippen LogP contribution is 2.31. The normalized spacial score (nSPS) is 12.2. The largest absolute Gasteiger partial charge is 0.448 e. The van der Waals surface area contributed by atoms with Crippen molar-refractivity contribution in [2.45, 2.75) is 20.0 Å². The first-order chi connectivity index (χ1) is 12.3. The zero-order valence-electron chi connectivity index (χ0n) is 14.8. The second-order valence-corrected chi connectivity index (χ2v) is 7.55. The number of nitrogens with zero attached hydrogens (tertiary/aromatic N) is 3. The SMILES string of the molecule is Cc1nn(-c2cccc(Cl)c2)c2sc(C(=O)O[C@@H](C)C(=O)N(C)C)cc12. The van der Waals surface area contributed by atoms with E-state index in [4.69, 9.17) is 16.3 Å². The number of hydrogen-bond acceptors (Lipinski definition) is 5. The summed E-state index contributed by atoms with van der Waals surface area (Å²) in [5.74, 6) is -0.785. The third kappa shape index (κ3) is 3.45. The average Bonchev–Trinajstić information content (AvgIpc) is 3.15. The van der Waals surface area contributed by atoms with Crippen molar-refractivity contribution < 1.29 is 14.3 Å². The number of ether oxygens (including phenoxy) is 1. The Kier molecular flexibility index (Phi) is 5.02. The zero-order chi connectivity index (χ0) is 19.0. The number of esters is 1. The number of rotatable bonds is 4. The van der Waals surface area contributed by atoms with E-state index in [1.807, 2.05) is 25.1 Å². The molecule has 2 aromatic heterocycles. The van der Waals surface area contributed by atoms with Crippen LogP contribution in [0.25, 0.3) is 15.9 Å². The Bertz CT molecular complexity index is 993. The lowest BCUT2D eigenvalue weighted by atomic mass is 10.3. The number of hydrogen-bond donors (Lipinski definition) is 0. The van der Waals surface area contributed by atoms with Crippen molar-refractivity contribution in [1.82, 2.24) is 14.7 Å². The van der Waals surface area contributed by atoms with E-state index in [1.165, 1.54) is 16.2 Å². The molecule has 8 heteroatoms. The molecule has 0 fully saturated rings. The number of halogens is 1. The van der Waals surface area contributed by atoms with Crippen molar-refractivity contribution in [1.29, 1.82) is 0 Å². The number of amides is 1. The number of benzene rings is 1. The van der Waals surface area contributed by atoms with Gasteiger partial charge < -0.3 is 9.64 Å². The molecule has 1 amide bonds. The summed E-state index contributed by atoms with van der Waals surface area (Å²) in [7, 11) is 3.24. The Hall–Kier alpha value is -2.38. The molecule has 0 spiro atoms. The molecule has 6 nitrogen and oxygen atoms in total. The number of carbonyl (C=O) groups excluding carboxylic acids is 2. The van der Waals surface area contributed by atoms with Crippen LogP contribution in [0.2, 0.25) is 5.02 Å². The highest BCUT2D eigenvalue weighted by molar-refractivity contribution is 7.20. The van der Waals surface area contributed by atoms with Crippen LogP contribution in [0.1, 0.15) is 22.3 Å². The molecule has 1 atom stereocenters. The lowest BCUT2D eigenvalue weighted by Gasteiger charge is -2.16. The summed E-state index contributed by atoms with van der Waals surface area (Å²) in [5.41, 5.74) is 1.61. The van der Waals surface area contributed by atoms with E-state index in [1.54, 1.807) is 37.8 Å². The predicted octanol–water partition coefficient (Wildman–Crippen LogP) is 3.68. The highest BCUT2D eigenvalue weighted by Gasteiger charge is 2.23. The van der Waals surface area contributed by atoms with Crippen LogP contribution < -0.4 is 0 Å². The third-order valence-electron chi connectivity index (χ3n) is 3.87. The third-order valence-corrected chi connectivity index (χ3v) is 5.20. The maximum atomic E-state index is 12.4. The molecule has 0 radical (unpaired) electrons. The van der Waals surface area contributed by atoms with Crippen molar-refractivity contribution in [3.05, 3.63) is 45.9 Å². The second-order valence-electron chi connectivity index (χ2n) is 6.09. The van der Waals surface area contributed by atoms with Gasteiger partial charge in [-0.25, -0.2) is 9.48 Å². The van der Waals surface area contributed by atoms with Crippen molar-refractivity contribution in [2.24, 2.45) is 0 Å². The molecule has 0 bridgehead atoms. The molecule has 0 aliphatic heterocycles. The van der Waals surface area contributed by atoms with Gasteiger partial charge in [-0.1, -0.05) is 17.7 Å². The topological polar surface area (TPSA) is 64.4 Å². The van der Waals surface area contributed by atoms with Crippen LogP contribution >= 0.6 is 22.9 Å². The highest BCUT2D eigenvalue weighted by atomic mass is 35.5. The summed E-state index contributed by atoms with van der Waals surface area (Å²) in [6.07, 6.45) is -0.840. The van der Waals surface area contributed by atoms with Crippen LogP contribution in [-0.2, 0) is 9.53 Å². The van der Waals surface area contributed by atoms with E-state index >= 15 is 0 Å². The summed E-state index contributed by atoms with van der Waals surface area (Å²) < 4.78 is 7.05. The molecule has 2 heterocycles. The Balaban J connectivity index is 1.94. The molecule has 0 N–H and O–H groups in total. The molecule has 0 unspecified atom stereocenters. The second kappa shape index (κ2) is 7.09. The van der Waals surface area contributed by atoms with Gasteiger partial charge in [0.25, 0.3) is 5.91 Å².